The Balaban J connectivity index is 3.23. The highest BCUT2D eigenvalue weighted by Crippen LogP contribution is 2.42. The first kappa shape index (κ1) is 19.4. The van der Waals surface area contributed by atoms with Crippen molar-refractivity contribution < 1.29 is 14.3 Å². The third-order valence-corrected chi connectivity index (χ3v) is 5.89. The highest BCUT2D eigenvalue weighted by Gasteiger charge is 2.17. The van der Waals surface area contributed by atoms with Gasteiger partial charge in [-0.2, -0.15) is 0 Å². The van der Waals surface area contributed by atoms with Gasteiger partial charge in [0.15, 0.2) is 6.79 Å². The fraction of sp³-hybridized carbons (Fsp3) is 0.588. The summed E-state index contributed by atoms with van der Waals surface area (Å²) in [5.74, 6) is 0.836. The zero-order chi connectivity index (χ0) is 16.5. The van der Waals surface area contributed by atoms with E-state index in [2.05, 4.69) is 27.7 Å². The van der Waals surface area contributed by atoms with Crippen molar-refractivity contribution in [2.45, 2.75) is 60.8 Å². The number of ether oxygens (including phenoxy) is 2. The van der Waals surface area contributed by atoms with E-state index in [1.54, 1.807) is 30.6 Å². The quantitative estimate of drug-likeness (QED) is 0.329. The van der Waals surface area contributed by atoms with Crippen molar-refractivity contribution in [3.63, 3.8) is 0 Å². The summed E-state index contributed by atoms with van der Waals surface area (Å²) >= 11 is 3.49. The molecule has 5 heteroatoms. The van der Waals surface area contributed by atoms with Gasteiger partial charge in [-0.15, -0.1) is 23.5 Å². The van der Waals surface area contributed by atoms with E-state index in [-0.39, 0.29) is 6.79 Å². The Kier molecular flexibility index (Phi) is 8.98. The molecule has 0 fully saturated rings. The lowest BCUT2D eigenvalue weighted by Crippen LogP contribution is -2.05. The van der Waals surface area contributed by atoms with Gasteiger partial charge in [-0.1, -0.05) is 27.7 Å². The average Bonchev–Trinajstić information content (AvgIpc) is 2.53. The standard InChI is InChI=1S/C17H26O3S2/c1-6-12(3)21-15-8-14(10-18)9-16(22-13(4)7-2)17(15)20-11-19-5/h8-10,12-13H,6-7,11H2,1-5H3. The van der Waals surface area contributed by atoms with E-state index < -0.39 is 0 Å². The molecule has 0 bridgehead atoms. The van der Waals surface area contributed by atoms with Crippen molar-refractivity contribution in [3.8, 4) is 5.75 Å². The van der Waals surface area contributed by atoms with Crippen LogP contribution in [-0.2, 0) is 4.74 Å². The lowest BCUT2D eigenvalue weighted by molar-refractivity contribution is 0.0470. The summed E-state index contributed by atoms with van der Waals surface area (Å²) in [6.07, 6.45) is 3.03. The Bertz CT molecular complexity index is 444. The third kappa shape index (κ3) is 5.86. The molecule has 2 atom stereocenters. The minimum atomic E-state index is 0.211. The van der Waals surface area contributed by atoms with Crippen LogP contribution in [0.2, 0.25) is 0 Å². The molecule has 0 aliphatic carbocycles. The van der Waals surface area contributed by atoms with Crippen molar-refractivity contribution in [1.29, 1.82) is 0 Å². The Hall–Kier alpha value is -0.650. The summed E-state index contributed by atoms with van der Waals surface area (Å²) in [6.45, 7) is 8.89. The monoisotopic (exact) mass is 342 g/mol. The molecule has 1 rings (SSSR count). The number of thioether (sulfide) groups is 2. The van der Waals surface area contributed by atoms with E-state index >= 15 is 0 Å². The van der Waals surface area contributed by atoms with Gasteiger partial charge in [-0.3, -0.25) is 4.79 Å². The van der Waals surface area contributed by atoms with Crippen LogP contribution in [0.3, 0.4) is 0 Å². The minimum absolute atomic E-state index is 0.211. The number of benzene rings is 1. The molecule has 0 aliphatic heterocycles. The Labute approximate surface area is 142 Å². The summed E-state index contributed by atoms with van der Waals surface area (Å²) in [4.78, 5) is 13.3. The molecule has 124 valence electrons. The van der Waals surface area contributed by atoms with E-state index in [0.29, 0.717) is 16.1 Å². The summed E-state index contributed by atoms with van der Waals surface area (Å²) in [6, 6.07) is 3.82. The van der Waals surface area contributed by atoms with Crippen molar-refractivity contribution in [2.24, 2.45) is 0 Å². The molecule has 0 aromatic heterocycles. The van der Waals surface area contributed by atoms with Gasteiger partial charge in [0.2, 0.25) is 0 Å². The highest BCUT2D eigenvalue weighted by atomic mass is 32.2. The number of aldehydes is 1. The number of carbonyl (C=O) groups excluding carboxylic acids is 1. The zero-order valence-corrected chi connectivity index (χ0v) is 15.7. The maximum absolute atomic E-state index is 11.3. The van der Waals surface area contributed by atoms with Crippen molar-refractivity contribution in [1.82, 2.24) is 0 Å². The Morgan fingerprint density at radius 1 is 1.09 bits per heavy atom. The van der Waals surface area contributed by atoms with Gasteiger partial charge in [-0.05, 0) is 25.0 Å². The number of hydrogen-bond donors (Lipinski definition) is 0. The molecule has 0 amide bonds. The molecule has 0 N–H and O–H groups in total. The lowest BCUT2D eigenvalue weighted by atomic mass is 10.2. The topological polar surface area (TPSA) is 35.5 Å². The maximum atomic E-state index is 11.3. The largest absolute Gasteiger partial charge is 0.465 e. The first-order chi connectivity index (χ1) is 10.5. The van der Waals surface area contributed by atoms with Crippen LogP contribution in [0.15, 0.2) is 21.9 Å². The lowest BCUT2D eigenvalue weighted by Gasteiger charge is -2.19. The average molecular weight is 343 g/mol. The molecule has 2 unspecified atom stereocenters. The van der Waals surface area contributed by atoms with E-state index in [0.717, 1.165) is 34.7 Å². The SMILES string of the molecule is CCC(C)Sc1cc(C=O)cc(SC(C)CC)c1OCOC. The molecule has 0 radical (unpaired) electrons. The van der Waals surface area contributed by atoms with Gasteiger partial charge < -0.3 is 9.47 Å². The molecule has 1 aromatic carbocycles. The van der Waals surface area contributed by atoms with Gasteiger partial charge in [0.25, 0.3) is 0 Å². The van der Waals surface area contributed by atoms with Gasteiger partial charge in [-0.25, -0.2) is 0 Å². The van der Waals surface area contributed by atoms with Gasteiger partial charge >= 0.3 is 0 Å². The van der Waals surface area contributed by atoms with Crippen LogP contribution in [0.4, 0.5) is 0 Å². The molecule has 0 heterocycles. The molecule has 22 heavy (non-hydrogen) atoms. The van der Waals surface area contributed by atoms with Crippen molar-refractivity contribution >= 4 is 29.8 Å². The Morgan fingerprint density at radius 3 is 1.95 bits per heavy atom. The van der Waals surface area contributed by atoms with Crippen LogP contribution in [0.25, 0.3) is 0 Å². The van der Waals surface area contributed by atoms with E-state index in [1.807, 2.05) is 12.1 Å². The fourth-order valence-corrected chi connectivity index (χ4v) is 3.93. The molecule has 0 aliphatic rings. The molecule has 0 spiro atoms. The van der Waals surface area contributed by atoms with Crippen molar-refractivity contribution in [3.05, 3.63) is 17.7 Å². The maximum Gasteiger partial charge on any atom is 0.188 e. The zero-order valence-electron chi connectivity index (χ0n) is 14.0. The van der Waals surface area contributed by atoms with Crippen LogP contribution in [-0.4, -0.2) is 30.7 Å². The van der Waals surface area contributed by atoms with Crippen LogP contribution in [0, 0.1) is 0 Å². The second-order valence-electron chi connectivity index (χ2n) is 5.19. The van der Waals surface area contributed by atoms with Crippen molar-refractivity contribution in [2.75, 3.05) is 13.9 Å². The van der Waals surface area contributed by atoms with Crippen LogP contribution in [0.5, 0.6) is 5.75 Å². The third-order valence-electron chi connectivity index (χ3n) is 3.31. The number of carbonyl (C=O) groups is 1. The summed E-state index contributed by atoms with van der Waals surface area (Å²) < 4.78 is 10.9. The first-order valence-corrected chi connectivity index (χ1v) is 9.39. The Morgan fingerprint density at radius 2 is 1.59 bits per heavy atom. The summed E-state index contributed by atoms with van der Waals surface area (Å²) in [5.41, 5.74) is 0.696. The number of rotatable bonds is 10. The summed E-state index contributed by atoms with van der Waals surface area (Å²) in [7, 11) is 1.61. The predicted molar refractivity (Wildman–Crippen MR) is 95.6 cm³/mol. The summed E-state index contributed by atoms with van der Waals surface area (Å²) in [5, 5.41) is 0.932. The molecule has 0 saturated carbocycles. The van der Waals surface area contributed by atoms with E-state index in [1.165, 1.54) is 0 Å². The van der Waals surface area contributed by atoms with Crippen LogP contribution < -0.4 is 4.74 Å². The van der Waals surface area contributed by atoms with Crippen LogP contribution >= 0.6 is 23.5 Å². The van der Waals surface area contributed by atoms with Gasteiger partial charge in [0.1, 0.15) is 12.0 Å². The first-order valence-electron chi connectivity index (χ1n) is 7.63. The van der Waals surface area contributed by atoms with Gasteiger partial charge in [0, 0.05) is 23.2 Å². The van der Waals surface area contributed by atoms with E-state index in [9.17, 15) is 4.79 Å². The molecule has 1 aromatic rings. The molecular formula is C17H26O3S2. The molecule has 3 nitrogen and oxygen atoms in total. The predicted octanol–water partition coefficient (Wildman–Crippen LogP) is 5.26. The number of methoxy groups -OCH3 is 1. The second-order valence-corrected chi connectivity index (χ2v) is 8.15. The van der Waals surface area contributed by atoms with Gasteiger partial charge in [0.05, 0.1) is 9.79 Å². The highest BCUT2D eigenvalue weighted by molar-refractivity contribution is 8.00. The fourth-order valence-electron chi connectivity index (χ4n) is 1.70. The minimum Gasteiger partial charge on any atom is -0.465 e. The normalized spacial score (nSPS) is 13.7. The molecule has 0 saturated heterocycles. The second kappa shape index (κ2) is 10.2. The van der Waals surface area contributed by atoms with Crippen LogP contribution in [0.1, 0.15) is 50.9 Å². The molecular weight excluding hydrogens is 316 g/mol. The van der Waals surface area contributed by atoms with E-state index in [4.69, 9.17) is 9.47 Å². The number of hydrogen-bond acceptors (Lipinski definition) is 5. The smallest absolute Gasteiger partial charge is 0.188 e.